The zero-order valence-electron chi connectivity index (χ0n) is 29.9. The van der Waals surface area contributed by atoms with Gasteiger partial charge in [-0.15, -0.1) is 11.3 Å². The summed E-state index contributed by atoms with van der Waals surface area (Å²) in [6.45, 7) is 0. The molecule has 0 aliphatic heterocycles. The molecule has 1 heterocycles. The Kier molecular flexibility index (Phi) is 6.60. The number of hydrogen-bond donors (Lipinski definition) is 0. The van der Waals surface area contributed by atoms with E-state index in [0.29, 0.717) is 0 Å². The Bertz CT molecular complexity index is 3490. The molecule has 0 saturated heterocycles. The molecular formula is C54H32S. The fourth-order valence-electron chi connectivity index (χ4n) is 9.42. The van der Waals surface area contributed by atoms with Crippen molar-refractivity contribution >= 4 is 96.1 Å². The highest BCUT2D eigenvalue weighted by Gasteiger charge is 2.20. The summed E-state index contributed by atoms with van der Waals surface area (Å²) in [4.78, 5) is 0. The molecule has 1 aromatic heterocycles. The van der Waals surface area contributed by atoms with E-state index in [1.54, 1.807) is 0 Å². The Morgan fingerprint density at radius 2 is 0.764 bits per heavy atom. The zero-order valence-corrected chi connectivity index (χ0v) is 30.7. The van der Waals surface area contributed by atoms with Gasteiger partial charge in [0.25, 0.3) is 0 Å². The first-order chi connectivity index (χ1) is 27.3. The molecule has 0 amide bonds. The zero-order chi connectivity index (χ0) is 36.0. The smallest absolute Gasteiger partial charge is 0.0434 e. The van der Waals surface area contributed by atoms with E-state index in [1.807, 2.05) is 11.3 Å². The lowest BCUT2D eigenvalue weighted by Gasteiger charge is -2.20. The third-order valence-corrected chi connectivity index (χ3v) is 13.0. The van der Waals surface area contributed by atoms with Crippen LogP contribution in [0.25, 0.3) is 118 Å². The van der Waals surface area contributed by atoms with Gasteiger partial charge in [0.05, 0.1) is 0 Å². The summed E-state index contributed by atoms with van der Waals surface area (Å²) in [5, 5.41) is 18.1. The SMILES string of the molecule is c1ccc2c(-c3c4ccccc4c(-c4ccc(-c5ccc6c(ccc7c6sc6ccc8ccccc8c67)c5)c5ccccc45)c4ccccc34)cccc2c1. The molecule has 0 fully saturated rings. The van der Waals surface area contributed by atoms with E-state index in [4.69, 9.17) is 0 Å². The monoisotopic (exact) mass is 712 g/mol. The maximum atomic E-state index is 2.39. The van der Waals surface area contributed by atoms with Crippen LogP contribution in [0.5, 0.6) is 0 Å². The van der Waals surface area contributed by atoms with Crippen molar-refractivity contribution in [2.45, 2.75) is 0 Å². The molecule has 11 aromatic carbocycles. The number of benzene rings is 11. The van der Waals surface area contributed by atoms with Crippen LogP contribution in [0.3, 0.4) is 0 Å². The van der Waals surface area contributed by atoms with Crippen molar-refractivity contribution in [3.05, 3.63) is 194 Å². The molecule has 12 aromatic rings. The van der Waals surface area contributed by atoms with Gasteiger partial charge in [0.15, 0.2) is 0 Å². The molecule has 0 aliphatic rings. The van der Waals surface area contributed by atoms with Crippen LogP contribution >= 0.6 is 11.3 Å². The Labute approximate surface area is 322 Å². The van der Waals surface area contributed by atoms with Gasteiger partial charge in [-0.05, 0) is 110 Å². The second kappa shape index (κ2) is 11.9. The minimum atomic E-state index is 1.24. The highest BCUT2D eigenvalue weighted by atomic mass is 32.1. The summed E-state index contributed by atoms with van der Waals surface area (Å²) in [7, 11) is 0. The minimum Gasteiger partial charge on any atom is -0.135 e. The molecule has 0 aliphatic carbocycles. The summed E-state index contributed by atoms with van der Waals surface area (Å²) in [5.41, 5.74) is 7.61. The standard InChI is InChI=1S/C54H32S/c1-3-15-37-33(12-1)14-11-23-43(37)51-44-19-7-9-21-46(44)52(47-22-10-8-20-45(47)51)48-30-29-38(41-17-5-6-18-42(41)48)35-24-27-40-36(32-35)25-28-49-53-39-16-4-2-13-34(39)26-31-50(53)55-54(40)49/h1-32H. The van der Waals surface area contributed by atoms with E-state index in [-0.39, 0.29) is 0 Å². The van der Waals surface area contributed by atoms with Gasteiger partial charge >= 0.3 is 0 Å². The van der Waals surface area contributed by atoms with E-state index in [2.05, 4.69) is 194 Å². The van der Waals surface area contributed by atoms with Gasteiger partial charge in [-0.25, -0.2) is 0 Å². The maximum Gasteiger partial charge on any atom is 0.0434 e. The molecule has 254 valence electrons. The van der Waals surface area contributed by atoms with Crippen LogP contribution in [0.2, 0.25) is 0 Å². The van der Waals surface area contributed by atoms with E-state index in [0.717, 1.165) is 0 Å². The van der Waals surface area contributed by atoms with E-state index in [9.17, 15) is 0 Å². The highest BCUT2D eigenvalue weighted by Crippen LogP contribution is 2.48. The molecule has 0 radical (unpaired) electrons. The molecular weight excluding hydrogens is 681 g/mol. The lowest BCUT2D eigenvalue weighted by Crippen LogP contribution is -1.93. The average Bonchev–Trinajstić information content (AvgIpc) is 3.65. The summed E-state index contributed by atoms with van der Waals surface area (Å²) in [5.74, 6) is 0. The number of thiophene rings is 1. The predicted octanol–water partition coefficient (Wildman–Crippen LogP) is 16.0. The average molecular weight is 713 g/mol. The first-order valence-electron chi connectivity index (χ1n) is 19.0. The molecule has 12 rings (SSSR count). The van der Waals surface area contributed by atoms with Crippen LogP contribution in [-0.2, 0) is 0 Å². The van der Waals surface area contributed by atoms with Crippen molar-refractivity contribution in [1.82, 2.24) is 0 Å². The Hall–Kier alpha value is -6.80. The van der Waals surface area contributed by atoms with E-state index in [1.165, 1.54) is 118 Å². The minimum absolute atomic E-state index is 1.24. The molecule has 0 bridgehead atoms. The first-order valence-corrected chi connectivity index (χ1v) is 19.8. The van der Waals surface area contributed by atoms with E-state index < -0.39 is 0 Å². The second-order valence-electron chi connectivity index (χ2n) is 14.7. The van der Waals surface area contributed by atoms with Gasteiger partial charge in [-0.3, -0.25) is 0 Å². The first kappa shape index (κ1) is 30.6. The van der Waals surface area contributed by atoms with Crippen LogP contribution in [0.15, 0.2) is 194 Å². The van der Waals surface area contributed by atoms with Crippen LogP contribution in [0.4, 0.5) is 0 Å². The van der Waals surface area contributed by atoms with Crippen LogP contribution in [0, 0.1) is 0 Å². The molecule has 0 saturated carbocycles. The summed E-state index contributed by atoms with van der Waals surface area (Å²) < 4.78 is 2.71. The van der Waals surface area contributed by atoms with Crippen LogP contribution in [0.1, 0.15) is 0 Å². The van der Waals surface area contributed by atoms with Crippen molar-refractivity contribution in [2.75, 3.05) is 0 Å². The fourth-order valence-corrected chi connectivity index (χ4v) is 10.7. The fraction of sp³-hybridized carbons (Fsp3) is 0. The van der Waals surface area contributed by atoms with Crippen molar-refractivity contribution < 1.29 is 0 Å². The van der Waals surface area contributed by atoms with Gasteiger partial charge in [-0.1, -0.05) is 182 Å². The molecule has 55 heavy (non-hydrogen) atoms. The largest absolute Gasteiger partial charge is 0.135 e. The Balaban J connectivity index is 1.07. The number of rotatable bonds is 3. The summed E-state index contributed by atoms with van der Waals surface area (Å²) >= 11 is 1.91. The second-order valence-corrected chi connectivity index (χ2v) is 15.8. The highest BCUT2D eigenvalue weighted by molar-refractivity contribution is 7.26. The molecule has 1 heteroatoms. The van der Waals surface area contributed by atoms with Gasteiger partial charge in [0.2, 0.25) is 0 Å². The normalized spacial score (nSPS) is 12.0. The summed E-state index contributed by atoms with van der Waals surface area (Å²) in [6.07, 6.45) is 0. The maximum absolute atomic E-state index is 2.39. The lowest BCUT2D eigenvalue weighted by atomic mass is 9.83. The third kappa shape index (κ3) is 4.51. The van der Waals surface area contributed by atoms with Gasteiger partial charge in [-0.2, -0.15) is 0 Å². The van der Waals surface area contributed by atoms with Crippen molar-refractivity contribution in [2.24, 2.45) is 0 Å². The van der Waals surface area contributed by atoms with Gasteiger partial charge < -0.3 is 0 Å². The van der Waals surface area contributed by atoms with Gasteiger partial charge in [0.1, 0.15) is 0 Å². The molecule has 0 atom stereocenters. The van der Waals surface area contributed by atoms with Crippen molar-refractivity contribution in [1.29, 1.82) is 0 Å². The van der Waals surface area contributed by atoms with Gasteiger partial charge in [0, 0.05) is 20.2 Å². The van der Waals surface area contributed by atoms with E-state index >= 15 is 0 Å². The number of fused-ring (bicyclic) bond motifs is 11. The lowest BCUT2D eigenvalue weighted by molar-refractivity contribution is 1.67. The molecule has 0 N–H and O–H groups in total. The predicted molar refractivity (Wildman–Crippen MR) is 241 cm³/mol. The Morgan fingerprint density at radius 3 is 1.45 bits per heavy atom. The molecule has 0 unspecified atom stereocenters. The van der Waals surface area contributed by atoms with Crippen molar-refractivity contribution in [3.63, 3.8) is 0 Å². The quantitative estimate of drug-likeness (QED) is 0.160. The molecule has 0 nitrogen and oxygen atoms in total. The summed E-state index contributed by atoms with van der Waals surface area (Å²) in [6, 6.07) is 72.2. The Morgan fingerprint density at radius 1 is 0.273 bits per heavy atom. The van der Waals surface area contributed by atoms with Crippen LogP contribution < -0.4 is 0 Å². The molecule has 0 spiro atoms. The van der Waals surface area contributed by atoms with Crippen molar-refractivity contribution in [3.8, 4) is 33.4 Å². The third-order valence-electron chi connectivity index (χ3n) is 11.8. The van der Waals surface area contributed by atoms with Crippen LogP contribution in [-0.4, -0.2) is 0 Å². The topological polar surface area (TPSA) is 0 Å². The number of hydrogen-bond acceptors (Lipinski definition) is 1.